The number of aliphatic hydroxyl groups is 1. The Morgan fingerprint density at radius 3 is 2.68 bits per heavy atom. The summed E-state index contributed by atoms with van der Waals surface area (Å²) in [4.78, 5) is 6.83. The first-order chi connectivity index (χ1) is 14.9. The second-order valence-corrected chi connectivity index (χ2v) is 8.09. The van der Waals surface area contributed by atoms with Crippen LogP contribution in [0.4, 0.5) is 15.9 Å². The van der Waals surface area contributed by atoms with Crippen LogP contribution in [0.1, 0.15) is 48.2 Å². The van der Waals surface area contributed by atoms with Crippen LogP contribution in [-0.2, 0) is 0 Å². The fourth-order valence-corrected chi connectivity index (χ4v) is 4.10. The Hall–Kier alpha value is -3.31. The second-order valence-electron chi connectivity index (χ2n) is 8.09. The van der Waals surface area contributed by atoms with Crippen LogP contribution < -0.4 is 10.2 Å². The van der Waals surface area contributed by atoms with Crippen LogP contribution in [0.15, 0.2) is 24.4 Å². The van der Waals surface area contributed by atoms with Gasteiger partial charge in [0.1, 0.15) is 5.82 Å². The van der Waals surface area contributed by atoms with Gasteiger partial charge in [0.05, 0.1) is 46.9 Å². The molecular weight excluding hydrogens is 395 g/mol. The Kier molecular flexibility index (Phi) is 5.70. The molecule has 1 aromatic carbocycles. The largest absolute Gasteiger partial charge is 0.393 e. The molecule has 0 amide bonds. The highest BCUT2D eigenvalue weighted by atomic mass is 19.1. The van der Waals surface area contributed by atoms with Crippen LogP contribution in [0.5, 0.6) is 0 Å². The maximum Gasteiger partial charge on any atom is 0.158 e. The Morgan fingerprint density at radius 2 is 1.97 bits per heavy atom. The number of benzene rings is 1. The molecule has 2 aromatic heterocycles. The topological polar surface area (TPSA) is 98.0 Å². The van der Waals surface area contributed by atoms with Crippen molar-refractivity contribution in [1.29, 1.82) is 5.26 Å². The molecule has 0 spiro atoms. The van der Waals surface area contributed by atoms with Crippen LogP contribution in [0.3, 0.4) is 0 Å². The van der Waals surface area contributed by atoms with Crippen molar-refractivity contribution in [2.24, 2.45) is 0 Å². The lowest BCUT2D eigenvalue weighted by atomic mass is 9.97. The average Bonchev–Trinajstić information content (AvgIpc) is 2.77. The zero-order chi connectivity index (χ0) is 22.1. The molecule has 0 bridgehead atoms. The highest BCUT2D eigenvalue weighted by Gasteiger charge is 2.20. The molecule has 0 unspecified atom stereocenters. The number of anilines is 2. The third-order valence-corrected chi connectivity index (χ3v) is 5.95. The van der Waals surface area contributed by atoms with Crippen molar-refractivity contribution in [2.75, 3.05) is 23.3 Å². The SMILES string of the molecule is Cc1c(C#N)cc(F)cc1[C@@H](C)Nc1nnc(C)c2ncc(N3CCC(O)CC3)cc12. The van der Waals surface area contributed by atoms with Gasteiger partial charge in [-0.05, 0) is 62.9 Å². The molecule has 7 nitrogen and oxygen atoms in total. The number of aromatic nitrogens is 3. The molecule has 0 aliphatic carbocycles. The summed E-state index contributed by atoms with van der Waals surface area (Å²) < 4.78 is 14.0. The monoisotopic (exact) mass is 420 g/mol. The van der Waals surface area contributed by atoms with Crippen LogP contribution in [-0.4, -0.2) is 39.5 Å². The third-order valence-electron chi connectivity index (χ3n) is 5.95. The molecule has 3 aromatic rings. The Morgan fingerprint density at radius 1 is 1.23 bits per heavy atom. The fraction of sp³-hybridized carbons (Fsp3) is 0.391. The minimum atomic E-state index is -0.443. The molecule has 1 saturated heterocycles. The maximum atomic E-state index is 14.0. The maximum absolute atomic E-state index is 14.0. The van der Waals surface area contributed by atoms with Crippen molar-refractivity contribution < 1.29 is 9.50 Å². The molecule has 160 valence electrons. The van der Waals surface area contributed by atoms with E-state index in [2.05, 4.69) is 31.5 Å². The molecule has 3 heterocycles. The van der Waals surface area contributed by atoms with Gasteiger partial charge < -0.3 is 15.3 Å². The van der Waals surface area contributed by atoms with Crippen molar-refractivity contribution in [2.45, 2.75) is 45.8 Å². The van der Waals surface area contributed by atoms with Gasteiger partial charge >= 0.3 is 0 Å². The van der Waals surface area contributed by atoms with E-state index in [0.717, 1.165) is 53.8 Å². The molecule has 2 N–H and O–H groups in total. The van der Waals surface area contributed by atoms with Gasteiger partial charge in [0, 0.05) is 18.5 Å². The van der Waals surface area contributed by atoms with E-state index in [4.69, 9.17) is 0 Å². The standard InChI is InChI=1S/C23H25FN6O/c1-13-16(11-25)8-17(24)9-20(13)14(2)27-23-21-10-18(30-6-4-19(31)5-7-30)12-26-22(21)15(3)28-29-23/h8-10,12,14,19,31H,4-7H2,1-3H3,(H,27,29)/t14-/m1/s1. The molecule has 0 radical (unpaired) electrons. The van der Waals surface area contributed by atoms with E-state index in [0.29, 0.717) is 16.9 Å². The first kappa shape index (κ1) is 20.9. The van der Waals surface area contributed by atoms with Gasteiger partial charge in [-0.3, -0.25) is 4.98 Å². The summed E-state index contributed by atoms with van der Waals surface area (Å²) in [5.41, 5.74) is 4.19. The molecule has 1 aliphatic heterocycles. The summed E-state index contributed by atoms with van der Waals surface area (Å²) in [5.74, 6) is 0.114. The lowest BCUT2D eigenvalue weighted by Gasteiger charge is -2.31. The lowest BCUT2D eigenvalue weighted by Crippen LogP contribution is -2.35. The Bertz CT molecular complexity index is 1170. The number of fused-ring (bicyclic) bond motifs is 1. The third kappa shape index (κ3) is 4.14. The van der Waals surface area contributed by atoms with Gasteiger partial charge in [-0.15, -0.1) is 5.10 Å². The number of nitrogens with zero attached hydrogens (tertiary/aromatic N) is 5. The summed E-state index contributed by atoms with van der Waals surface area (Å²) in [6, 6.07) is 6.49. The van der Waals surface area contributed by atoms with Gasteiger partial charge in [0.25, 0.3) is 0 Å². The number of nitriles is 1. The lowest BCUT2D eigenvalue weighted by molar-refractivity contribution is 0.145. The van der Waals surface area contributed by atoms with Crippen molar-refractivity contribution in [3.63, 3.8) is 0 Å². The van der Waals surface area contributed by atoms with E-state index in [1.54, 1.807) is 0 Å². The van der Waals surface area contributed by atoms with Crippen LogP contribution in [0.2, 0.25) is 0 Å². The smallest absolute Gasteiger partial charge is 0.158 e. The summed E-state index contributed by atoms with van der Waals surface area (Å²) >= 11 is 0. The number of hydrogen-bond donors (Lipinski definition) is 2. The predicted molar refractivity (Wildman–Crippen MR) is 117 cm³/mol. The highest BCUT2D eigenvalue weighted by Crippen LogP contribution is 2.31. The quantitative estimate of drug-likeness (QED) is 0.663. The van der Waals surface area contributed by atoms with Crippen LogP contribution in [0, 0.1) is 31.0 Å². The summed E-state index contributed by atoms with van der Waals surface area (Å²) in [7, 11) is 0. The van der Waals surface area contributed by atoms with Crippen molar-refractivity contribution in [3.05, 3.63) is 52.6 Å². The number of piperidine rings is 1. The van der Waals surface area contributed by atoms with Crippen molar-refractivity contribution >= 4 is 22.4 Å². The molecule has 1 aliphatic rings. The number of aliphatic hydroxyl groups excluding tert-OH is 1. The number of hydrogen-bond acceptors (Lipinski definition) is 7. The van der Waals surface area contributed by atoms with E-state index >= 15 is 0 Å². The first-order valence-electron chi connectivity index (χ1n) is 10.4. The molecule has 0 saturated carbocycles. The second kappa shape index (κ2) is 8.44. The van der Waals surface area contributed by atoms with E-state index in [-0.39, 0.29) is 12.1 Å². The predicted octanol–water partition coefficient (Wildman–Crippen LogP) is 3.79. The van der Waals surface area contributed by atoms with Crippen LogP contribution in [0.25, 0.3) is 10.9 Å². The Balaban J connectivity index is 1.71. The van der Waals surface area contributed by atoms with Crippen molar-refractivity contribution in [3.8, 4) is 6.07 Å². The Labute approximate surface area is 180 Å². The van der Waals surface area contributed by atoms with E-state index < -0.39 is 5.82 Å². The molecule has 1 fully saturated rings. The summed E-state index contributed by atoms with van der Waals surface area (Å²) in [6.07, 6.45) is 3.04. The zero-order valence-electron chi connectivity index (χ0n) is 17.9. The molecule has 1 atom stereocenters. The van der Waals surface area contributed by atoms with E-state index in [9.17, 15) is 14.8 Å². The molecule has 4 rings (SSSR count). The van der Waals surface area contributed by atoms with Gasteiger partial charge in [0.15, 0.2) is 5.82 Å². The van der Waals surface area contributed by atoms with Gasteiger partial charge in [-0.25, -0.2) is 4.39 Å². The fourth-order valence-electron chi connectivity index (χ4n) is 4.10. The zero-order valence-corrected chi connectivity index (χ0v) is 17.9. The van der Waals surface area contributed by atoms with Crippen molar-refractivity contribution in [1.82, 2.24) is 15.2 Å². The minimum Gasteiger partial charge on any atom is -0.393 e. The van der Waals surface area contributed by atoms with E-state index in [1.165, 1.54) is 12.1 Å². The van der Waals surface area contributed by atoms with Gasteiger partial charge in [-0.1, -0.05) is 0 Å². The number of nitrogens with one attached hydrogen (secondary N) is 1. The number of rotatable bonds is 4. The van der Waals surface area contributed by atoms with Gasteiger partial charge in [-0.2, -0.15) is 10.4 Å². The van der Waals surface area contributed by atoms with Crippen LogP contribution >= 0.6 is 0 Å². The average molecular weight is 420 g/mol. The molecule has 8 heteroatoms. The minimum absolute atomic E-state index is 0.247. The number of halogens is 1. The van der Waals surface area contributed by atoms with E-state index in [1.807, 2.05) is 33.0 Å². The molecular formula is C23H25FN6O. The number of aryl methyl sites for hydroxylation is 1. The number of pyridine rings is 1. The first-order valence-corrected chi connectivity index (χ1v) is 10.4. The summed E-state index contributed by atoms with van der Waals surface area (Å²) in [5, 5.41) is 31.8. The highest BCUT2D eigenvalue weighted by molar-refractivity contribution is 5.92. The van der Waals surface area contributed by atoms with Gasteiger partial charge in [0.2, 0.25) is 0 Å². The summed E-state index contributed by atoms with van der Waals surface area (Å²) in [6.45, 7) is 7.12. The molecule has 31 heavy (non-hydrogen) atoms. The normalized spacial score (nSPS) is 15.7.